The average Bonchev–Trinajstić information content (AvgIpc) is 3.37. The molecule has 9 rings (SSSR count). The summed E-state index contributed by atoms with van der Waals surface area (Å²) in [5.41, 5.74) is -1.46. The van der Waals surface area contributed by atoms with E-state index in [-0.39, 0.29) is 52.6 Å². The summed E-state index contributed by atoms with van der Waals surface area (Å²) >= 11 is 0. The number of aliphatic hydroxyl groups is 13. The molecule has 28 atom stereocenters. The minimum Gasteiger partial charge on any atom is -0.432 e. The van der Waals surface area contributed by atoms with Crippen molar-refractivity contribution in [1.29, 1.82) is 0 Å². The van der Waals surface area contributed by atoms with Crippen LogP contribution in [0.3, 0.4) is 0 Å². The van der Waals surface area contributed by atoms with E-state index < -0.39 is 153 Å². The van der Waals surface area contributed by atoms with Crippen molar-refractivity contribution >= 4 is 5.97 Å². The molecule has 75 heavy (non-hydrogen) atoms. The quantitative estimate of drug-likeness (QED) is 0.0643. The number of hydrogen-bond donors (Lipinski definition) is 13. The zero-order valence-corrected chi connectivity index (χ0v) is 44.2. The van der Waals surface area contributed by atoms with Crippen LogP contribution in [0.2, 0.25) is 0 Å². The highest BCUT2D eigenvalue weighted by Gasteiger charge is 2.70. The molecule has 8 fully saturated rings. The highest BCUT2D eigenvalue weighted by atomic mass is 16.8. The lowest BCUT2D eigenvalue weighted by atomic mass is 9.33. The van der Waals surface area contributed by atoms with Gasteiger partial charge in [0.05, 0.1) is 44.1 Å². The van der Waals surface area contributed by atoms with Gasteiger partial charge in [0.1, 0.15) is 85.5 Å². The number of ether oxygens (including phenoxy) is 8. The van der Waals surface area contributed by atoms with Gasteiger partial charge in [0.25, 0.3) is 0 Å². The maximum absolute atomic E-state index is 15.1. The van der Waals surface area contributed by atoms with Gasteiger partial charge in [0, 0.05) is 5.41 Å². The third-order valence-electron chi connectivity index (χ3n) is 21.1. The maximum Gasteiger partial charge on any atom is 0.315 e. The van der Waals surface area contributed by atoms with Crippen LogP contribution in [0.4, 0.5) is 0 Å². The number of hydrogen-bond acceptors (Lipinski definition) is 22. The van der Waals surface area contributed by atoms with Crippen LogP contribution >= 0.6 is 0 Å². The zero-order valence-electron chi connectivity index (χ0n) is 44.2. The van der Waals surface area contributed by atoms with Crippen molar-refractivity contribution in [2.75, 3.05) is 26.4 Å². The molecule has 0 aromatic rings. The van der Waals surface area contributed by atoms with E-state index in [0.29, 0.717) is 38.5 Å². The fraction of sp³-hybridized carbons (Fsp3) is 0.943. The zero-order chi connectivity index (χ0) is 54.7. The molecule has 4 heterocycles. The Kier molecular flexibility index (Phi) is 16.3. The summed E-state index contributed by atoms with van der Waals surface area (Å²) in [5, 5.41) is 139. The lowest BCUT2D eigenvalue weighted by molar-refractivity contribution is -0.361. The monoisotopic (exact) mass is 1070 g/mol. The Bertz CT molecular complexity index is 2060. The van der Waals surface area contributed by atoms with E-state index in [1.165, 1.54) is 12.5 Å². The van der Waals surface area contributed by atoms with Gasteiger partial charge in [-0.1, -0.05) is 53.2 Å². The highest BCUT2D eigenvalue weighted by molar-refractivity contribution is 5.79. The summed E-state index contributed by atoms with van der Waals surface area (Å²) in [6, 6.07) is 0. The molecule has 22 nitrogen and oxygen atoms in total. The molecule has 5 aliphatic carbocycles. The van der Waals surface area contributed by atoms with Gasteiger partial charge in [-0.05, 0) is 111 Å². The van der Waals surface area contributed by atoms with Gasteiger partial charge in [-0.3, -0.25) is 4.79 Å². The van der Waals surface area contributed by atoms with E-state index in [4.69, 9.17) is 37.9 Å². The van der Waals surface area contributed by atoms with Crippen molar-refractivity contribution in [2.24, 2.45) is 50.2 Å². The third kappa shape index (κ3) is 9.50. The number of rotatable bonds is 11. The molecular weight excluding hydrogens is 989 g/mol. The third-order valence-corrected chi connectivity index (χ3v) is 21.1. The Labute approximate surface area is 437 Å². The molecule has 4 saturated heterocycles. The van der Waals surface area contributed by atoms with Gasteiger partial charge >= 0.3 is 5.97 Å². The number of allylic oxidation sites excluding steroid dienone is 2. The van der Waals surface area contributed by atoms with Gasteiger partial charge in [0.15, 0.2) is 18.9 Å². The average molecular weight is 1080 g/mol. The Hall–Kier alpha value is -1.59. The van der Waals surface area contributed by atoms with E-state index in [1.54, 1.807) is 0 Å². The van der Waals surface area contributed by atoms with Crippen molar-refractivity contribution in [3.05, 3.63) is 11.6 Å². The van der Waals surface area contributed by atoms with Gasteiger partial charge in [-0.25, -0.2) is 0 Å². The summed E-state index contributed by atoms with van der Waals surface area (Å²) in [7, 11) is 0. The van der Waals surface area contributed by atoms with Crippen LogP contribution in [0.1, 0.15) is 113 Å². The van der Waals surface area contributed by atoms with Crippen molar-refractivity contribution in [1.82, 2.24) is 0 Å². The van der Waals surface area contributed by atoms with E-state index in [2.05, 4.69) is 40.7 Å². The topological polar surface area (TPSA) is 354 Å². The van der Waals surface area contributed by atoms with Gasteiger partial charge in [0.2, 0.25) is 6.29 Å². The molecule has 0 radical (unpaired) electrons. The number of carbonyl (C=O) groups is 1. The van der Waals surface area contributed by atoms with Crippen LogP contribution in [0, 0.1) is 50.2 Å². The van der Waals surface area contributed by atoms with E-state index >= 15 is 4.79 Å². The maximum atomic E-state index is 15.1. The van der Waals surface area contributed by atoms with Crippen molar-refractivity contribution in [2.45, 2.75) is 235 Å². The molecule has 4 saturated carbocycles. The highest BCUT2D eigenvalue weighted by Crippen LogP contribution is 2.76. The van der Waals surface area contributed by atoms with Gasteiger partial charge < -0.3 is 104 Å². The summed E-state index contributed by atoms with van der Waals surface area (Å²) in [6.07, 6.45) is -21.1. The standard InChI is InChI=1S/C53H86O22/c1-23-32(57)35(60)39(64)45(70-23)74-42-27(19-54)71-43(41(66)37(42)62)69-21-28-34(59)36(61)40(65)46(72-28)75-47(67)53-16-14-48(2,3)18-25(53)24-8-9-30-49(4)12-11-31(73-44-38(63)33(58)26(56)20-68-44)50(5,22-55)29(49)10-13-52(30,7)51(24,6)15-17-53/h8,23,25-46,54-66H,9-22H2,1-7H3/t23-,25-,26-,27+,28+,29+,30+,31-,32-,33-,34+,35+,36-,37+,38+,39+,40+,41+,42+,43+,44+,45-,46-,49-,50-,51+,52+,53-/m0/s1. The summed E-state index contributed by atoms with van der Waals surface area (Å²) in [6.45, 7) is 13.2. The largest absolute Gasteiger partial charge is 0.432 e. The molecule has 0 bridgehead atoms. The first kappa shape index (κ1) is 58.1. The minimum absolute atomic E-state index is 0.0319. The van der Waals surface area contributed by atoms with Crippen molar-refractivity contribution in [3.63, 3.8) is 0 Å². The van der Waals surface area contributed by atoms with Crippen LogP contribution in [0.25, 0.3) is 0 Å². The smallest absolute Gasteiger partial charge is 0.315 e. The molecule has 9 aliphatic rings. The molecule has 22 heteroatoms. The summed E-state index contributed by atoms with van der Waals surface area (Å²) in [4.78, 5) is 15.1. The van der Waals surface area contributed by atoms with Crippen LogP contribution in [-0.4, -0.2) is 222 Å². The molecule has 0 amide bonds. The van der Waals surface area contributed by atoms with E-state index in [1.807, 2.05) is 6.92 Å². The molecule has 0 spiro atoms. The first-order chi connectivity index (χ1) is 35.1. The molecule has 4 aliphatic heterocycles. The predicted octanol–water partition coefficient (Wildman–Crippen LogP) is -1.40. The Morgan fingerprint density at radius 1 is 0.640 bits per heavy atom. The Morgan fingerprint density at radius 3 is 1.97 bits per heavy atom. The molecule has 0 unspecified atom stereocenters. The number of esters is 1. The SMILES string of the molecule is C[C@@H]1O[C@@H](O[C@H]2[C@H](O)[C@@H](O)[C@H](OC[C@H]3O[C@@H](OC(=O)[C@]45CCC(C)(C)C[C@H]4C4=CC[C@@H]6[C@@]7(C)CC[C@H](O[C@H]8OC[C@H](O)[C@H](O)[C@H]8O)[C@@](C)(CO)[C@@H]7CC[C@@]6(C)[C@]4(C)CC5)[C@H](O)[C@@H](O)[C@@H]3O)O[C@@H]2CO)[C@H](O)[C@H](O)[C@H]1O. The second kappa shape index (κ2) is 21.1. The molecule has 0 aromatic heterocycles. The summed E-state index contributed by atoms with van der Waals surface area (Å²) in [5.74, 6) is -0.615. The first-order valence-corrected chi connectivity index (χ1v) is 27.3. The Balaban J connectivity index is 0.898. The first-order valence-electron chi connectivity index (χ1n) is 27.3. The van der Waals surface area contributed by atoms with Gasteiger partial charge in [-0.2, -0.15) is 0 Å². The molecular formula is C53H86O22. The second-order valence-electron chi connectivity index (χ2n) is 25.7. The van der Waals surface area contributed by atoms with Crippen LogP contribution in [-0.2, 0) is 42.7 Å². The Morgan fingerprint density at radius 2 is 1.28 bits per heavy atom. The van der Waals surface area contributed by atoms with E-state index in [0.717, 1.165) is 25.7 Å². The van der Waals surface area contributed by atoms with Crippen molar-refractivity contribution in [3.8, 4) is 0 Å². The van der Waals surface area contributed by atoms with E-state index in [9.17, 15) is 66.4 Å². The van der Waals surface area contributed by atoms with Crippen LogP contribution < -0.4 is 0 Å². The molecule has 0 aromatic carbocycles. The normalized spacial score (nSPS) is 54.8. The molecule has 430 valence electrons. The number of fused-ring (bicyclic) bond motifs is 7. The fourth-order valence-electron chi connectivity index (χ4n) is 16.1. The van der Waals surface area contributed by atoms with Crippen molar-refractivity contribution < 1.29 is 109 Å². The van der Waals surface area contributed by atoms with Crippen LogP contribution in [0.5, 0.6) is 0 Å². The second-order valence-corrected chi connectivity index (χ2v) is 25.7. The number of carbonyl (C=O) groups excluding carboxylic acids is 1. The fourth-order valence-corrected chi connectivity index (χ4v) is 16.1. The van der Waals surface area contributed by atoms with Gasteiger partial charge in [-0.15, -0.1) is 0 Å². The lowest BCUT2D eigenvalue weighted by Crippen LogP contribution is -2.67. The lowest BCUT2D eigenvalue weighted by Gasteiger charge is -2.71. The minimum atomic E-state index is -1.87. The predicted molar refractivity (Wildman–Crippen MR) is 257 cm³/mol. The summed E-state index contributed by atoms with van der Waals surface area (Å²) < 4.78 is 47.0. The molecule has 13 N–H and O–H groups in total. The number of aliphatic hydroxyl groups excluding tert-OH is 13. The van der Waals surface area contributed by atoms with Crippen LogP contribution in [0.15, 0.2) is 11.6 Å².